The van der Waals surface area contributed by atoms with Crippen molar-refractivity contribution in [2.75, 3.05) is 13.7 Å². The quantitative estimate of drug-likeness (QED) is 0.708. The van der Waals surface area contributed by atoms with E-state index >= 15 is 0 Å². The lowest BCUT2D eigenvalue weighted by atomic mass is 10.1. The molecule has 26 heavy (non-hydrogen) atoms. The van der Waals surface area contributed by atoms with Gasteiger partial charge in [-0.15, -0.1) is 0 Å². The first kappa shape index (κ1) is 17.6. The summed E-state index contributed by atoms with van der Waals surface area (Å²) in [6.07, 6.45) is 9.44. The molecule has 3 aromatic rings. The number of amides is 1. The summed E-state index contributed by atoms with van der Waals surface area (Å²) in [6.45, 7) is 2.67. The van der Waals surface area contributed by atoms with Crippen molar-refractivity contribution in [3.8, 4) is 17.1 Å². The van der Waals surface area contributed by atoms with Crippen LogP contribution in [-0.4, -0.2) is 39.1 Å². The number of nitrogens with one attached hydrogen (secondary N) is 1. The fraction of sp³-hybridized carbons (Fsp3) is 0.263. The Morgan fingerprint density at radius 3 is 2.88 bits per heavy atom. The number of hydrogen-bond acceptors (Lipinski definition) is 5. The Bertz CT molecular complexity index is 864. The Morgan fingerprint density at radius 1 is 1.27 bits per heavy atom. The maximum absolute atomic E-state index is 12.5. The molecule has 2 aromatic heterocycles. The van der Waals surface area contributed by atoms with Gasteiger partial charge in [-0.3, -0.25) is 4.79 Å². The first-order valence-corrected chi connectivity index (χ1v) is 8.40. The van der Waals surface area contributed by atoms with Crippen LogP contribution in [0.15, 0.2) is 55.4 Å². The summed E-state index contributed by atoms with van der Waals surface area (Å²) in [5.41, 5.74) is 1.97. The summed E-state index contributed by atoms with van der Waals surface area (Å²) >= 11 is 0. The summed E-state index contributed by atoms with van der Waals surface area (Å²) in [4.78, 5) is 24.9. The predicted octanol–water partition coefficient (Wildman–Crippen LogP) is 2.73. The van der Waals surface area contributed by atoms with E-state index in [1.165, 1.54) is 0 Å². The van der Waals surface area contributed by atoms with E-state index in [1.807, 2.05) is 22.9 Å². The molecule has 0 bridgehead atoms. The first-order valence-electron chi connectivity index (χ1n) is 8.40. The minimum absolute atomic E-state index is 0.118. The Hall–Kier alpha value is -3.22. The maximum atomic E-state index is 12.5. The van der Waals surface area contributed by atoms with E-state index in [0.717, 1.165) is 12.0 Å². The number of benzene rings is 1. The highest BCUT2D eigenvalue weighted by Gasteiger charge is 2.12. The van der Waals surface area contributed by atoms with Crippen LogP contribution in [0.2, 0.25) is 0 Å². The van der Waals surface area contributed by atoms with Gasteiger partial charge < -0.3 is 14.6 Å². The molecule has 1 aromatic carbocycles. The topological polar surface area (TPSA) is 81.9 Å². The number of imidazole rings is 1. The van der Waals surface area contributed by atoms with E-state index in [0.29, 0.717) is 23.7 Å². The molecule has 0 radical (unpaired) electrons. The minimum atomic E-state index is -0.118. The van der Waals surface area contributed by atoms with Crippen molar-refractivity contribution in [1.29, 1.82) is 0 Å². The van der Waals surface area contributed by atoms with Crippen molar-refractivity contribution in [2.24, 2.45) is 0 Å². The lowest BCUT2D eigenvalue weighted by Gasteiger charge is -2.13. The van der Waals surface area contributed by atoms with Crippen LogP contribution in [0.5, 0.6) is 5.88 Å². The molecule has 0 aliphatic carbocycles. The van der Waals surface area contributed by atoms with Gasteiger partial charge in [0.1, 0.15) is 5.69 Å². The molecule has 1 unspecified atom stereocenters. The average molecular weight is 351 g/mol. The van der Waals surface area contributed by atoms with Crippen molar-refractivity contribution in [1.82, 2.24) is 24.8 Å². The van der Waals surface area contributed by atoms with E-state index in [9.17, 15) is 4.79 Å². The number of carbonyl (C=O) groups is 1. The third-order valence-electron chi connectivity index (χ3n) is 4.14. The van der Waals surface area contributed by atoms with Crippen molar-refractivity contribution in [3.05, 3.63) is 60.9 Å². The summed E-state index contributed by atoms with van der Waals surface area (Å²) in [7, 11) is 1.55. The van der Waals surface area contributed by atoms with Gasteiger partial charge in [-0.25, -0.2) is 15.0 Å². The number of ether oxygens (including phenoxy) is 1. The molecule has 7 heteroatoms. The molecule has 0 spiro atoms. The van der Waals surface area contributed by atoms with Gasteiger partial charge in [-0.05, 0) is 25.5 Å². The van der Waals surface area contributed by atoms with Crippen molar-refractivity contribution >= 4 is 5.91 Å². The normalized spacial score (nSPS) is 11.8. The second kappa shape index (κ2) is 8.24. The summed E-state index contributed by atoms with van der Waals surface area (Å²) in [5.74, 6) is 0.312. The molecule has 1 N–H and O–H groups in total. The SMILES string of the molecule is COc1nccnc1-c1cccc(C(=O)NCCC(C)n2ccnc2)c1. The number of nitrogens with zero attached hydrogens (tertiary/aromatic N) is 4. The zero-order valence-electron chi connectivity index (χ0n) is 14.8. The van der Waals surface area contributed by atoms with E-state index < -0.39 is 0 Å². The van der Waals surface area contributed by atoms with Crippen LogP contribution in [0.1, 0.15) is 29.7 Å². The van der Waals surface area contributed by atoms with Gasteiger partial charge in [0.2, 0.25) is 5.88 Å². The van der Waals surface area contributed by atoms with Gasteiger partial charge in [-0.2, -0.15) is 0 Å². The van der Waals surface area contributed by atoms with Gasteiger partial charge in [0.05, 0.1) is 13.4 Å². The third kappa shape index (κ3) is 4.05. The van der Waals surface area contributed by atoms with Crippen LogP contribution >= 0.6 is 0 Å². The van der Waals surface area contributed by atoms with Gasteiger partial charge in [0.15, 0.2) is 0 Å². The third-order valence-corrected chi connectivity index (χ3v) is 4.14. The first-order chi connectivity index (χ1) is 12.7. The lowest BCUT2D eigenvalue weighted by molar-refractivity contribution is 0.0952. The van der Waals surface area contributed by atoms with Crippen LogP contribution in [0.3, 0.4) is 0 Å². The molecule has 0 aliphatic rings. The van der Waals surface area contributed by atoms with Crippen LogP contribution in [0.25, 0.3) is 11.3 Å². The van der Waals surface area contributed by atoms with Crippen LogP contribution in [0.4, 0.5) is 0 Å². The van der Waals surface area contributed by atoms with Gasteiger partial charge in [-0.1, -0.05) is 12.1 Å². The average Bonchev–Trinajstić information content (AvgIpc) is 3.23. The van der Waals surface area contributed by atoms with Gasteiger partial charge in [0, 0.05) is 48.5 Å². The van der Waals surface area contributed by atoms with E-state index in [-0.39, 0.29) is 11.9 Å². The zero-order valence-corrected chi connectivity index (χ0v) is 14.8. The number of rotatable bonds is 7. The molecule has 134 valence electrons. The molecule has 0 saturated heterocycles. The Balaban J connectivity index is 1.65. The molecular formula is C19H21N5O2. The maximum Gasteiger partial charge on any atom is 0.251 e. The molecule has 3 rings (SSSR count). The number of methoxy groups -OCH3 is 1. The second-order valence-electron chi connectivity index (χ2n) is 5.90. The van der Waals surface area contributed by atoms with Gasteiger partial charge in [0.25, 0.3) is 5.91 Å². The lowest BCUT2D eigenvalue weighted by Crippen LogP contribution is -2.26. The smallest absolute Gasteiger partial charge is 0.251 e. The highest BCUT2D eigenvalue weighted by molar-refractivity contribution is 5.95. The van der Waals surface area contributed by atoms with Crippen LogP contribution in [0, 0.1) is 0 Å². The Kier molecular flexibility index (Phi) is 5.58. The standard InChI is InChI=1S/C19H21N5O2/c1-14(24-11-10-20-13-24)6-7-22-18(25)16-5-3-4-15(12-16)17-19(26-2)23-9-8-21-17/h3-5,8-14H,6-7H2,1-2H3,(H,22,25). The largest absolute Gasteiger partial charge is 0.479 e. The molecule has 2 heterocycles. The predicted molar refractivity (Wildman–Crippen MR) is 97.9 cm³/mol. The molecular weight excluding hydrogens is 330 g/mol. The van der Waals surface area contributed by atoms with Gasteiger partial charge >= 0.3 is 0 Å². The highest BCUT2D eigenvalue weighted by atomic mass is 16.5. The van der Waals surface area contributed by atoms with E-state index in [4.69, 9.17) is 4.74 Å². The number of hydrogen-bond donors (Lipinski definition) is 1. The van der Waals surface area contributed by atoms with E-state index in [2.05, 4.69) is 27.2 Å². The summed E-state index contributed by atoms with van der Waals surface area (Å²) in [6, 6.07) is 7.55. The van der Waals surface area contributed by atoms with Crippen molar-refractivity contribution in [2.45, 2.75) is 19.4 Å². The molecule has 7 nitrogen and oxygen atoms in total. The molecule has 1 atom stereocenters. The van der Waals surface area contributed by atoms with Crippen molar-refractivity contribution < 1.29 is 9.53 Å². The van der Waals surface area contributed by atoms with Crippen LogP contribution in [-0.2, 0) is 0 Å². The van der Waals surface area contributed by atoms with E-state index in [1.54, 1.807) is 44.2 Å². The zero-order chi connectivity index (χ0) is 18.4. The fourth-order valence-electron chi connectivity index (χ4n) is 2.66. The van der Waals surface area contributed by atoms with Crippen molar-refractivity contribution in [3.63, 3.8) is 0 Å². The summed E-state index contributed by atoms with van der Waals surface area (Å²) in [5, 5.41) is 2.96. The number of carbonyl (C=O) groups excluding carboxylic acids is 1. The summed E-state index contributed by atoms with van der Waals surface area (Å²) < 4.78 is 7.27. The Labute approximate surface area is 152 Å². The number of aromatic nitrogens is 4. The molecule has 0 fully saturated rings. The molecule has 0 saturated carbocycles. The second-order valence-corrected chi connectivity index (χ2v) is 5.90. The van der Waals surface area contributed by atoms with Crippen LogP contribution < -0.4 is 10.1 Å². The molecule has 1 amide bonds. The molecule has 0 aliphatic heterocycles. The Morgan fingerprint density at radius 2 is 2.12 bits per heavy atom. The highest BCUT2D eigenvalue weighted by Crippen LogP contribution is 2.25. The minimum Gasteiger partial charge on any atom is -0.479 e. The monoisotopic (exact) mass is 351 g/mol. The fourth-order valence-corrected chi connectivity index (χ4v) is 2.66.